The lowest BCUT2D eigenvalue weighted by molar-refractivity contribution is -0.173. The Morgan fingerprint density at radius 3 is 2.79 bits per heavy atom. The van der Waals surface area contributed by atoms with Crippen molar-refractivity contribution in [2.24, 2.45) is 0 Å². The maximum Gasteiger partial charge on any atom is 0.411 e. The van der Waals surface area contributed by atoms with E-state index in [1.54, 1.807) is 0 Å². The largest absolute Gasteiger partial charge is 0.411 e. The Labute approximate surface area is 115 Å². The van der Waals surface area contributed by atoms with E-state index in [0.29, 0.717) is 13.2 Å². The van der Waals surface area contributed by atoms with Gasteiger partial charge in [-0.2, -0.15) is 13.2 Å². The normalized spacial score (nSPS) is 19.6. The summed E-state index contributed by atoms with van der Waals surface area (Å²) in [6.07, 6.45) is -4.30. The van der Waals surface area contributed by atoms with E-state index in [0.717, 1.165) is 6.54 Å². The highest BCUT2D eigenvalue weighted by atomic mass is 35.5. The maximum atomic E-state index is 11.7. The summed E-state index contributed by atoms with van der Waals surface area (Å²) in [5.41, 5.74) is 0. The number of ether oxygens (including phenoxy) is 2. The van der Waals surface area contributed by atoms with Gasteiger partial charge >= 0.3 is 6.18 Å². The molecular weight excluding hydrogens is 289 g/mol. The molecule has 5 nitrogen and oxygen atoms in total. The van der Waals surface area contributed by atoms with Crippen LogP contribution >= 0.6 is 12.4 Å². The first-order chi connectivity index (χ1) is 8.47. The number of halogens is 4. The van der Waals surface area contributed by atoms with Crippen LogP contribution in [0.4, 0.5) is 13.2 Å². The van der Waals surface area contributed by atoms with Crippen LogP contribution in [0.25, 0.3) is 0 Å². The highest BCUT2D eigenvalue weighted by Crippen LogP contribution is 2.13. The fourth-order valence-electron chi connectivity index (χ4n) is 1.48. The first kappa shape index (κ1) is 18.4. The average molecular weight is 307 g/mol. The molecule has 114 valence electrons. The van der Waals surface area contributed by atoms with Gasteiger partial charge in [0.25, 0.3) is 0 Å². The van der Waals surface area contributed by atoms with Crippen molar-refractivity contribution in [3.8, 4) is 0 Å². The fraction of sp³-hybridized carbons (Fsp3) is 0.900. The molecular formula is C10H18ClF3N2O3. The minimum absolute atomic E-state index is 0. The molecule has 2 N–H and O–H groups in total. The van der Waals surface area contributed by atoms with Crippen LogP contribution in [0.1, 0.15) is 6.42 Å². The number of morpholine rings is 1. The van der Waals surface area contributed by atoms with E-state index in [-0.39, 0.29) is 44.0 Å². The van der Waals surface area contributed by atoms with E-state index in [1.165, 1.54) is 0 Å². The summed E-state index contributed by atoms with van der Waals surface area (Å²) in [6, 6.07) is 0. The van der Waals surface area contributed by atoms with E-state index in [9.17, 15) is 18.0 Å². The summed E-state index contributed by atoms with van der Waals surface area (Å²) < 4.78 is 44.8. The minimum atomic E-state index is -4.33. The lowest BCUT2D eigenvalue weighted by Gasteiger charge is -2.23. The molecule has 1 saturated heterocycles. The lowest BCUT2D eigenvalue weighted by Crippen LogP contribution is -2.41. The first-order valence-electron chi connectivity index (χ1n) is 5.71. The summed E-state index contributed by atoms with van der Waals surface area (Å²) in [6.45, 7) is 0.552. The van der Waals surface area contributed by atoms with Gasteiger partial charge in [0.15, 0.2) is 0 Å². The third-order valence-corrected chi connectivity index (χ3v) is 2.25. The van der Waals surface area contributed by atoms with Crippen LogP contribution in [-0.2, 0) is 14.3 Å². The fourth-order valence-corrected chi connectivity index (χ4v) is 1.48. The van der Waals surface area contributed by atoms with E-state index in [4.69, 9.17) is 4.74 Å². The predicted molar refractivity (Wildman–Crippen MR) is 64.4 cm³/mol. The molecule has 0 aliphatic carbocycles. The number of rotatable bonds is 6. The minimum Gasteiger partial charge on any atom is -0.375 e. The third-order valence-electron chi connectivity index (χ3n) is 2.25. The Bertz CT molecular complexity index is 261. The van der Waals surface area contributed by atoms with E-state index < -0.39 is 12.8 Å². The molecule has 1 rings (SSSR count). The summed E-state index contributed by atoms with van der Waals surface area (Å²) in [7, 11) is 0. The average Bonchev–Trinajstić information content (AvgIpc) is 2.28. The summed E-state index contributed by atoms with van der Waals surface area (Å²) in [4.78, 5) is 11.4. The Balaban J connectivity index is 0.00000324. The van der Waals surface area contributed by atoms with Crippen molar-refractivity contribution in [1.29, 1.82) is 0 Å². The zero-order valence-corrected chi connectivity index (χ0v) is 11.1. The molecule has 9 heteroatoms. The van der Waals surface area contributed by atoms with Gasteiger partial charge in [0.05, 0.1) is 25.7 Å². The lowest BCUT2D eigenvalue weighted by atomic mass is 10.2. The highest BCUT2D eigenvalue weighted by Gasteiger charge is 2.27. The molecule has 1 heterocycles. The number of carbonyl (C=O) groups excluding carboxylic acids is 1. The molecule has 1 aliphatic rings. The number of nitrogens with one attached hydrogen (secondary N) is 2. The van der Waals surface area contributed by atoms with E-state index >= 15 is 0 Å². The summed E-state index contributed by atoms with van der Waals surface area (Å²) in [5.74, 6) is -0.251. The standard InChI is InChI=1S/C10H17F3N2O3.ClH/c11-10(12,13)7-17-3-2-15-9(16)5-8-6-14-1-4-18-8;/h8,14H,1-7H2,(H,15,16);1H. The Hall–Kier alpha value is -0.570. The van der Waals surface area contributed by atoms with Crippen molar-refractivity contribution in [3.63, 3.8) is 0 Å². The van der Waals surface area contributed by atoms with E-state index in [1.807, 2.05) is 0 Å². The Morgan fingerprint density at radius 2 is 2.21 bits per heavy atom. The molecule has 1 atom stereocenters. The predicted octanol–water partition coefficient (Wildman–Crippen LogP) is 0.482. The zero-order valence-electron chi connectivity index (χ0n) is 10.3. The van der Waals surface area contributed by atoms with Crippen LogP contribution < -0.4 is 10.6 Å². The second kappa shape index (κ2) is 9.35. The molecule has 0 aromatic rings. The molecule has 0 aromatic heterocycles. The Kier molecular flexibility index (Phi) is 9.07. The number of hydrogen-bond acceptors (Lipinski definition) is 4. The molecule has 0 spiro atoms. The maximum absolute atomic E-state index is 11.7. The van der Waals surface area contributed by atoms with Crippen LogP contribution in [0, 0.1) is 0 Å². The van der Waals surface area contributed by atoms with Crippen LogP contribution in [0.15, 0.2) is 0 Å². The van der Waals surface area contributed by atoms with Gasteiger partial charge in [-0.25, -0.2) is 0 Å². The second-order valence-corrected chi connectivity index (χ2v) is 3.92. The number of amides is 1. The van der Waals surface area contributed by atoms with Crippen molar-refractivity contribution in [3.05, 3.63) is 0 Å². The smallest absolute Gasteiger partial charge is 0.375 e. The molecule has 0 aromatic carbocycles. The van der Waals surface area contributed by atoms with Gasteiger partial charge in [0.2, 0.25) is 5.91 Å². The monoisotopic (exact) mass is 306 g/mol. The van der Waals surface area contributed by atoms with Crippen LogP contribution in [0.5, 0.6) is 0 Å². The molecule has 0 bridgehead atoms. The van der Waals surface area contributed by atoms with Gasteiger partial charge in [0.1, 0.15) is 6.61 Å². The van der Waals surface area contributed by atoms with Crippen molar-refractivity contribution >= 4 is 18.3 Å². The topological polar surface area (TPSA) is 59.6 Å². The van der Waals surface area contributed by atoms with Gasteiger partial charge in [0, 0.05) is 19.6 Å². The van der Waals surface area contributed by atoms with Crippen LogP contribution in [-0.4, -0.2) is 57.6 Å². The van der Waals surface area contributed by atoms with Crippen molar-refractivity contribution in [1.82, 2.24) is 10.6 Å². The summed E-state index contributed by atoms with van der Waals surface area (Å²) in [5, 5.41) is 5.56. The zero-order chi connectivity index (χ0) is 13.4. The van der Waals surface area contributed by atoms with Crippen molar-refractivity contribution < 1.29 is 27.4 Å². The molecule has 0 radical (unpaired) electrons. The molecule has 1 unspecified atom stereocenters. The number of alkyl halides is 3. The van der Waals surface area contributed by atoms with E-state index in [2.05, 4.69) is 15.4 Å². The van der Waals surface area contributed by atoms with Crippen molar-refractivity contribution in [2.75, 3.05) is 39.5 Å². The quantitative estimate of drug-likeness (QED) is 0.701. The van der Waals surface area contributed by atoms with Crippen LogP contribution in [0.2, 0.25) is 0 Å². The third kappa shape index (κ3) is 9.94. The number of hydrogen-bond donors (Lipinski definition) is 2. The SMILES string of the molecule is Cl.O=C(CC1CNCCO1)NCCOCC(F)(F)F. The first-order valence-corrected chi connectivity index (χ1v) is 5.71. The highest BCUT2D eigenvalue weighted by molar-refractivity contribution is 5.85. The molecule has 1 aliphatic heterocycles. The van der Waals surface area contributed by atoms with Crippen LogP contribution in [0.3, 0.4) is 0 Å². The van der Waals surface area contributed by atoms with Gasteiger partial charge in [-0.15, -0.1) is 12.4 Å². The second-order valence-electron chi connectivity index (χ2n) is 3.92. The molecule has 1 amide bonds. The molecule has 19 heavy (non-hydrogen) atoms. The van der Waals surface area contributed by atoms with Gasteiger partial charge in [-0.3, -0.25) is 4.79 Å². The van der Waals surface area contributed by atoms with Crippen molar-refractivity contribution in [2.45, 2.75) is 18.7 Å². The van der Waals surface area contributed by atoms with Gasteiger partial charge in [-0.05, 0) is 0 Å². The Morgan fingerprint density at radius 1 is 1.47 bits per heavy atom. The van der Waals surface area contributed by atoms with Gasteiger partial charge < -0.3 is 20.1 Å². The molecule has 1 fully saturated rings. The summed E-state index contributed by atoms with van der Waals surface area (Å²) >= 11 is 0. The number of carbonyl (C=O) groups is 1. The molecule has 0 saturated carbocycles. The van der Waals surface area contributed by atoms with Gasteiger partial charge in [-0.1, -0.05) is 0 Å².